The molecule has 0 aliphatic heterocycles. The molecule has 1 fully saturated rings. The van der Waals surface area contributed by atoms with Crippen molar-refractivity contribution in [3.8, 4) is 0 Å². The summed E-state index contributed by atoms with van der Waals surface area (Å²) < 4.78 is 7.56. The third-order valence-corrected chi connectivity index (χ3v) is 4.85. The highest BCUT2D eigenvalue weighted by Crippen LogP contribution is 2.72. The molecule has 0 heterocycles. The van der Waals surface area contributed by atoms with Crippen LogP contribution in [0.2, 0.25) is 0 Å². The van der Waals surface area contributed by atoms with Crippen LogP contribution in [-0.4, -0.2) is 0 Å². The maximum Gasteiger partial charge on any atom is 0.0231 e. The van der Waals surface area contributed by atoms with E-state index >= 15 is 0 Å². The second-order valence-corrected chi connectivity index (χ2v) is 5.55. The van der Waals surface area contributed by atoms with Crippen molar-refractivity contribution in [2.75, 3.05) is 0 Å². The van der Waals surface area contributed by atoms with Crippen LogP contribution >= 0.6 is 0 Å². The normalized spacial score (nSPS) is 35.3. The van der Waals surface area contributed by atoms with Gasteiger partial charge in [0, 0.05) is 1.37 Å². The summed E-state index contributed by atoms with van der Waals surface area (Å²) >= 11 is 0. The van der Waals surface area contributed by atoms with Crippen LogP contribution < -0.4 is 0 Å². The Morgan fingerprint density at radius 3 is 1.87 bits per heavy atom. The summed E-state index contributed by atoms with van der Waals surface area (Å²) in [5, 5.41) is 0. The molecule has 0 aromatic rings. The Morgan fingerprint density at radius 2 is 1.47 bits per heavy atom. The highest BCUT2D eigenvalue weighted by Gasteiger charge is 2.62. The smallest absolute Gasteiger partial charge is 0.0231 e. The van der Waals surface area contributed by atoms with Gasteiger partial charge in [-0.1, -0.05) is 53.4 Å². The minimum Gasteiger partial charge on any atom is -0.0654 e. The summed E-state index contributed by atoms with van der Waals surface area (Å²) in [4.78, 5) is 0. The number of unbranched alkanes of at least 4 members (excludes halogenated alkanes) is 2. The molecule has 1 rings (SSSR count). The van der Waals surface area contributed by atoms with Crippen molar-refractivity contribution in [3.63, 3.8) is 0 Å². The third-order valence-electron chi connectivity index (χ3n) is 4.85. The first-order chi connectivity index (χ1) is 7.70. The topological polar surface area (TPSA) is 0 Å². The first-order valence-electron chi connectivity index (χ1n) is 7.70. The van der Waals surface area contributed by atoms with Gasteiger partial charge in [0.1, 0.15) is 0 Å². The lowest BCUT2D eigenvalue weighted by molar-refractivity contribution is 0.267. The van der Waals surface area contributed by atoms with Gasteiger partial charge in [-0.2, -0.15) is 0 Å². The van der Waals surface area contributed by atoms with E-state index in [9.17, 15) is 0 Å². The van der Waals surface area contributed by atoms with Gasteiger partial charge in [0.05, 0.1) is 0 Å². The summed E-state index contributed by atoms with van der Waals surface area (Å²) in [6, 6.07) is 0. The predicted octanol–water partition coefficient (Wildman–Crippen LogP) is 5.56. The zero-order valence-electron chi connectivity index (χ0n) is 12.1. The van der Waals surface area contributed by atoms with E-state index in [2.05, 4.69) is 20.8 Å². The van der Waals surface area contributed by atoms with E-state index in [-0.39, 0.29) is 0 Å². The molecule has 0 aromatic carbocycles. The van der Waals surface area contributed by atoms with Crippen molar-refractivity contribution in [1.82, 2.24) is 0 Å². The molecular weight excluding hydrogens is 180 g/mol. The van der Waals surface area contributed by atoms with Crippen LogP contribution in [0.25, 0.3) is 0 Å². The number of hydrogen-bond donors (Lipinski definition) is 0. The van der Waals surface area contributed by atoms with Gasteiger partial charge in [-0.05, 0) is 42.9 Å². The minimum atomic E-state index is 0.578. The van der Waals surface area contributed by atoms with Gasteiger partial charge in [0.25, 0.3) is 0 Å². The molecule has 1 saturated carbocycles. The van der Waals surface area contributed by atoms with Crippen LogP contribution in [0.4, 0.5) is 0 Å². The average Bonchev–Trinajstić information content (AvgIpc) is 2.93. The van der Waals surface area contributed by atoms with E-state index in [0.717, 1.165) is 6.42 Å². The van der Waals surface area contributed by atoms with Gasteiger partial charge in [0.2, 0.25) is 0 Å². The first-order valence-corrected chi connectivity index (χ1v) is 6.99. The van der Waals surface area contributed by atoms with Crippen LogP contribution in [0.15, 0.2) is 0 Å². The van der Waals surface area contributed by atoms with Crippen molar-refractivity contribution in [2.45, 2.75) is 85.5 Å². The van der Waals surface area contributed by atoms with E-state index in [1.807, 2.05) is 0 Å². The van der Waals surface area contributed by atoms with Crippen LogP contribution in [0, 0.1) is 10.8 Å². The first kappa shape index (κ1) is 11.5. The lowest BCUT2D eigenvalue weighted by atomic mass is 9.81. The van der Waals surface area contributed by atoms with Crippen LogP contribution in [0.3, 0.4) is 0 Å². The predicted molar refractivity (Wildman–Crippen MR) is 69.1 cm³/mol. The van der Waals surface area contributed by atoms with E-state index in [4.69, 9.17) is 1.37 Å². The van der Waals surface area contributed by atoms with Crippen molar-refractivity contribution in [1.29, 1.82) is 0 Å². The second-order valence-electron chi connectivity index (χ2n) is 5.55. The standard InChI is InChI=1S/C15H30/c1-5-9-11-14(7-3)13-15(14,8-4)12-10-6-2/h5-13H2,1-4H3/i3D. The Labute approximate surface area is 98.2 Å². The molecule has 0 amide bonds. The summed E-state index contributed by atoms with van der Waals surface area (Å²) in [6.45, 7) is 7.59. The molecule has 2 atom stereocenters. The number of rotatable bonds is 8. The van der Waals surface area contributed by atoms with Gasteiger partial charge in [0.15, 0.2) is 0 Å². The molecule has 0 N–H and O–H groups in total. The van der Waals surface area contributed by atoms with E-state index < -0.39 is 0 Å². The van der Waals surface area contributed by atoms with Gasteiger partial charge in [-0.15, -0.1) is 0 Å². The highest BCUT2D eigenvalue weighted by molar-refractivity contribution is 5.12. The molecule has 90 valence electrons. The minimum absolute atomic E-state index is 0.578. The van der Waals surface area contributed by atoms with E-state index in [1.54, 1.807) is 0 Å². The van der Waals surface area contributed by atoms with Crippen molar-refractivity contribution >= 4 is 0 Å². The van der Waals surface area contributed by atoms with Crippen molar-refractivity contribution in [3.05, 3.63) is 0 Å². The second kappa shape index (κ2) is 5.37. The SMILES string of the molecule is [2H]CCC1(CCCC)CC1(CC)CCCC. The molecule has 0 saturated heterocycles. The summed E-state index contributed by atoms with van der Waals surface area (Å²) in [7, 11) is 0. The molecule has 0 radical (unpaired) electrons. The average molecular weight is 211 g/mol. The van der Waals surface area contributed by atoms with Gasteiger partial charge < -0.3 is 0 Å². The van der Waals surface area contributed by atoms with Crippen LogP contribution in [0.1, 0.15) is 86.8 Å². The Balaban J connectivity index is 2.58. The lowest BCUT2D eigenvalue weighted by Crippen LogP contribution is -2.13. The van der Waals surface area contributed by atoms with E-state index in [0.29, 0.717) is 17.7 Å². The fourth-order valence-corrected chi connectivity index (χ4v) is 3.50. The van der Waals surface area contributed by atoms with Gasteiger partial charge in [-0.25, -0.2) is 0 Å². The summed E-state index contributed by atoms with van der Waals surface area (Å²) in [6.07, 6.45) is 12.1. The van der Waals surface area contributed by atoms with Gasteiger partial charge in [-0.3, -0.25) is 0 Å². The van der Waals surface area contributed by atoms with Crippen LogP contribution in [-0.2, 0) is 0 Å². The Kier molecular flexibility index (Phi) is 4.11. The maximum absolute atomic E-state index is 7.56. The zero-order chi connectivity index (χ0) is 12.1. The Hall–Kier alpha value is 0. The molecule has 15 heavy (non-hydrogen) atoms. The van der Waals surface area contributed by atoms with Crippen LogP contribution in [0.5, 0.6) is 0 Å². The summed E-state index contributed by atoms with van der Waals surface area (Å²) in [5.74, 6) is 0. The molecule has 2 unspecified atom stereocenters. The summed E-state index contributed by atoms with van der Waals surface area (Å²) in [5.41, 5.74) is 1.22. The Bertz CT molecular complexity index is 202. The van der Waals surface area contributed by atoms with Gasteiger partial charge >= 0.3 is 0 Å². The molecule has 0 bridgehead atoms. The lowest BCUT2D eigenvalue weighted by Gasteiger charge is -2.24. The monoisotopic (exact) mass is 211 g/mol. The fraction of sp³-hybridized carbons (Fsp3) is 1.00. The molecule has 0 heteroatoms. The fourth-order valence-electron chi connectivity index (χ4n) is 3.50. The molecule has 0 nitrogen and oxygen atoms in total. The largest absolute Gasteiger partial charge is 0.0654 e. The molecular formula is C15H30. The molecule has 1 aliphatic carbocycles. The van der Waals surface area contributed by atoms with Crippen molar-refractivity contribution in [2.24, 2.45) is 10.8 Å². The quantitative estimate of drug-likeness (QED) is 0.493. The zero-order valence-corrected chi connectivity index (χ0v) is 11.1. The molecule has 1 aliphatic rings. The van der Waals surface area contributed by atoms with Crippen molar-refractivity contribution < 1.29 is 1.37 Å². The third kappa shape index (κ3) is 2.40. The molecule has 0 spiro atoms. The highest BCUT2D eigenvalue weighted by atomic mass is 14.7. The molecule has 0 aromatic heterocycles. The van der Waals surface area contributed by atoms with E-state index in [1.165, 1.54) is 51.4 Å². The maximum atomic E-state index is 7.56. The number of hydrogen-bond acceptors (Lipinski definition) is 0. The Morgan fingerprint density at radius 1 is 0.933 bits per heavy atom.